The van der Waals surface area contributed by atoms with Crippen LogP contribution in [-0.4, -0.2) is 23.7 Å². The van der Waals surface area contributed by atoms with E-state index in [0.29, 0.717) is 36.0 Å². The number of hydrogen-bond acceptors (Lipinski definition) is 6. The molecule has 1 aromatic heterocycles. The predicted molar refractivity (Wildman–Crippen MR) is 108 cm³/mol. The van der Waals surface area contributed by atoms with E-state index in [2.05, 4.69) is 0 Å². The van der Waals surface area contributed by atoms with Crippen LogP contribution in [-0.2, 0) is 24.4 Å². The van der Waals surface area contributed by atoms with Crippen molar-refractivity contribution < 1.29 is 18.8 Å². The average molecular weight is 415 g/mol. The third-order valence-corrected chi connectivity index (χ3v) is 4.89. The lowest BCUT2D eigenvalue weighted by Gasteiger charge is -2.23. The highest BCUT2D eigenvalue weighted by Crippen LogP contribution is 2.33. The molecule has 3 aromatic rings. The Balaban J connectivity index is 1.50. The molecule has 7 nitrogen and oxygen atoms in total. The number of hydrogen-bond donors (Lipinski definition) is 0. The largest absolute Gasteiger partial charge is 0.467 e. The van der Waals surface area contributed by atoms with Gasteiger partial charge in [-0.2, -0.15) is 0 Å². The topological polar surface area (TPSA) is 78.0 Å². The molecule has 0 radical (unpaired) electrons. The van der Waals surface area contributed by atoms with Crippen LogP contribution < -0.4 is 4.74 Å². The number of rotatable bonds is 6. The molecule has 1 aliphatic heterocycles. The maximum atomic E-state index is 11.3. The number of fused-ring (bicyclic) bond motifs is 1. The van der Waals surface area contributed by atoms with Crippen LogP contribution in [0, 0.1) is 10.1 Å². The first-order valence-electron chi connectivity index (χ1n) is 9.03. The van der Waals surface area contributed by atoms with Crippen LogP contribution in [0.15, 0.2) is 52.9 Å². The molecule has 4 rings (SSSR count). The van der Waals surface area contributed by atoms with E-state index in [-0.39, 0.29) is 12.5 Å². The van der Waals surface area contributed by atoms with Gasteiger partial charge in [0.05, 0.1) is 18.1 Å². The van der Waals surface area contributed by atoms with Crippen molar-refractivity contribution in [3.05, 3.63) is 80.6 Å². The monoisotopic (exact) mass is 414 g/mol. The van der Waals surface area contributed by atoms with E-state index >= 15 is 0 Å². The Kier molecular flexibility index (Phi) is 5.53. The zero-order valence-corrected chi connectivity index (χ0v) is 16.5. The van der Waals surface area contributed by atoms with Crippen LogP contribution in [0.4, 0.5) is 5.69 Å². The van der Waals surface area contributed by atoms with Gasteiger partial charge in [0.1, 0.15) is 17.3 Å². The molecule has 2 heterocycles. The van der Waals surface area contributed by atoms with E-state index in [1.165, 1.54) is 6.07 Å². The lowest BCUT2D eigenvalue weighted by atomic mass is 10.1. The summed E-state index contributed by atoms with van der Waals surface area (Å²) in [7, 11) is 1.93. The molecule has 1 aliphatic rings. The van der Waals surface area contributed by atoms with Crippen LogP contribution in [0.1, 0.15) is 16.9 Å². The summed E-state index contributed by atoms with van der Waals surface area (Å²) in [6.45, 7) is 1.46. The van der Waals surface area contributed by atoms with Crippen LogP contribution in [0.3, 0.4) is 0 Å². The highest BCUT2D eigenvalue weighted by Gasteiger charge is 2.22. The summed E-state index contributed by atoms with van der Waals surface area (Å²) in [5.74, 6) is 2.22. The van der Waals surface area contributed by atoms with Gasteiger partial charge in [-0.3, -0.25) is 15.0 Å². The fraction of sp³-hybridized carbons (Fsp3) is 0.238. The average Bonchev–Trinajstić information content (AvgIpc) is 3.16. The smallest absolute Gasteiger partial charge is 0.270 e. The minimum Gasteiger partial charge on any atom is -0.467 e. The van der Waals surface area contributed by atoms with Gasteiger partial charge in [0, 0.05) is 40.4 Å². The van der Waals surface area contributed by atoms with Crippen molar-refractivity contribution in [2.75, 3.05) is 13.8 Å². The second-order valence-electron chi connectivity index (χ2n) is 6.91. The van der Waals surface area contributed by atoms with Crippen molar-refractivity contribution in [1.82, 2.24) is 4.90 Å². The van der Waals surface area contributed by atoms with E-state index in [0.717, 1.165) is 22.6 Å². The van der Waals surface area contributed by atoms with E-state index < -0.39 is 4.92 Å². The van der Waals surface area contributed by atoms with Crippen molar-refractivity contribution in [3.8, 4) is 17.1 Å². The van der Waals surface area contributed by atoms with Gasteiger partial charge < -0.3 is 13.9 Å². The molecule has 0 fully saturated rings. The summed E-state index contributed by atoms with van der Waals surface area (Å²) in [6, 6.07) is 14.4. The van der Waals surface area contributed by atoms with Gasteiger partial charge in [-0.05, 0) is 43.4 Å². The van der Waals surface area contributed by atoms with Gasteiger partial charge in [0.25, 0.3) is 5.69 Å². The molecule has 0 saturated heterocycles. The molecule has 2 aromatic carbocycles. The Hall–Kier alpha value is -2.87. The highest BCUT2D eigenvalue weighted by molar-refractivity contribution is 6.30. The molecule has 0 atom stereocenters. The normalized spacial score (nSPS) is 13.2. The van der Waals surface area contributed by atoms with Gasteiger partial charge in [-0.1, -0.05) is 11.6 Å². The van der Waals surface area contributed by atoms with Gasteiger partial charge in [0.2, 0.25) is 0 Å². The van der Waals surface area contributed by atoms with Gasteiger partial charge in [-0.25, -0.2) is 0 Å². The second kappa shape index (κ2) is 8.24. The Labute approximate surface area is 172 Å². The number of nitro benzene ring substituents is 1. The Morgan fingerprint density at radius 1 is 1.14 bits per heavy atom. The molecule has 0 aliphatic carbocycles. The summed E-state index contributed by atoms with van der Waals surface area (Å²) >= 11 is 5.93. The SMILES string of the molecule is CN(Cc1ccc(-c2ccc(Cl)cc2)o1)Cc1cc([N+](=O)[O-])cc2c1OCOC2. The van der Waals surface area contributed by atoms with Crippen LogP contribution in [0.25, 0.3) is 11.3 Å². The number of benzene rings is 2. The number of ether oxygens (including phenoxy) is 2. The zero-order chi connectivity index (χ0) is 20.4. The number of nitrogens with zero attached hydrogens (tertiary/aromatic N) is 2. The van der Waals surface area contributed by atoms with Crippen molar-refractivity contribution in [1.29, 1.82) is 0 Å². The quantitative estimate of drug-likeness (QED) is 0.417. The molecule has 0 amide bonds. The molecule has 8 heteroatoms. The maximum absolute atomic E-state index is 11.3. The highest BCUT2D eigenvalue weighted by atomic mass is 35.5. The summed E-state index contributed by atoms with van der Waals surface area (Å²) in [5.41, 5.74) is 2.43. The Morgan fingerprint density at radius 2 is 1.93 bits per heavy atom. The zero-order valence-electron chi connectivity index (χ0n) is 15.8. The van der Waals surface area contributed by atoms with E-state index in [4.69, 9.17) is 25.5 Å². The van der Waals surface area contributed by atoms with E-state index in [1.54, 1.807) is 6.07 Å². The maximum Gasteiger partial charge on any atom is 0.270 e. The minimum absolute atomic E-state index is 0.0317. The predicted octanol–water partition coefficient (Wildman–Crippen LogP) is 5.01. The van der Waals surface area contributed by atoms with Crippen LogP contribution in [0.5, 0.6) is 5.75 Å². The van der Waals surface area contributed by atoms with Crippen molar-refractivity contribution in [3.63, 3.8) is 0 Å². The first-order chi connectivity index (χ1) is 14.0. The summed E-state index contributed by atoms with van der Waals surface area (Å²) < 4.78 is 16.8. The number of nitro groups is 1. The third kappa shape index (κ3) is 4.42. The molecular formula is C21H19ClN2O5. The molecule has 29 heavy (non-hydrogen) atoms. The Bertz CT molecular complexity index is 1030. The molecule has 0 saturated carbocycles. The minimum atomic E-state index is -0.399. The van der Waals surface area contributed by atoms with Gasteiger partial charge >= 0.3 is 0 Å². The molecule has 0 N–H and O–H groups in total. The van der Waals surface area contributed by atoms with Crippen LogP contribution in [0.2, 0.25) is 5.02 Å². The van der Waals surface area contributed by atoms with E-state index in [9.17, 15) is 10.1 Å². The van der Waals surface area contributed by atoms with Crippen molar-refractivity contribution >= 4 is 17.3 Å². The lowest BCUT2D eigenvalue weighted by Crippen LogP contribution is -2.20. The second-order valence-corrected chi connectivity index (χ2v) is 7.34. The molecular weight excluding hydrogens is 396 g/mol. The molecule has 0 unspecified atom stereocenters. The first-order valence-corrected chi connectivity index (χ1v) is 9.41. The van der Waals surface area contributed by atoms with Crippen molar-refractivity contribution in [2.45, 2.75) is 19.7 Å². The number of halogens is 1. The molecule has 150 valence electrons. The number of non-ortho nitro benzene ring substituents is 1. The van der Waals surface area contributed by atoms with E-state index in [1.807, 2.05) is 48.3 Å². The van der Waals surface area contributed by atoms with Crippen LogP contribution >= 0.6 is 11.6 Å². The summed E-state index contributed by atoms with van der Waals surface area (Å²) in [6.07, 6.45) is 0. The first kappa shape index (κ1) is 19.4. The van der Waals surface area contributed by atoms with Gasteiger partial charge in [-0.15, -0.1) is 0 Å². The van der Waals surface area contributed by atoms with Crippen molar-refractivity contribution in [2.24, 2.45) is 0 Å². The lowest BCUT2D eigenvalue weighted by molar-refractivity contribution is -0.385. The summed E-state index contributed by atoms with van der Waals surface area (Å²) in [4.78, 5) is 12.9. The summed E-state index contributed by atoms with van der Waals surface area (Å²) in [5, 5.41) is 11.9. The fourth-order valence-electron chi connectivity index (χ4n) is 3.35. The third-order valence-electron chi connectivity index (χ3n) is 4.64. The standard InChI is InChI=1S/C21H19ClN2O5/c1-23(11-19-6-7-20(29-19)14-2-4-17(22)5-3-14)10-15-8-18(24(25)26)9-16-12-27-13-28-21(15)16/h2-9H,10-13H2,1H3. The fourth-order valence-corrected chi connectivity index (χ4v) is 3.47. The molecule has 0 spiro atoms. The van der Waals surface area contributed by atoms with Gasteiger partial charge in [0.15, 0.2) is 6.79 Å². The Morgan fingerprint density at radius 3 is 2.69 bits per heavy atom. The molecule has 0 bridgehead atoms. The number of furan rings is 1.